The van der Waals surface area contributed by atoms with Crippen molar-refractivity contribution in [3.63, 3.8) is 0 Å². The zero-order chi connectivity index (χ0) is 11.2. The fourth-order valence-electron chi connectivity index (χ4n) is 0.904. The molecule has 0 N–H and O–H groups in total. The van der Waals surface area contributed by atoms with Gasteiger partial charge in [0, 0.05) is 20.6 Å². The molecule has 0 unspecified atom stereocenters. The Morgan fingerprint density at radius 3 is 2.21 bits per heavy atom. The molecule has 0 aliphatic carbocycles. The molecule has 5 heteroatoms. The summed E-state index contributed by atoms with van der Waals surface area (Å²) in [5, 5.41) is 0. The van der Waals surface area contributed by atoms with Crippen LogP contribution in [-0.2, 0) is 18.4 Å². The van der Waals surface area contributed by atoms with Gasteiger partial charge in [-0.15, -0.1) is 0 Å². The summed E-state index contributed by atoms with van der Waals surface area (Å²) in [4.78, 5) is 11.1. The number of Topliss-reactive ketones (excluding diaryl/α,β-unsaturated/α-hetero) is 1. The Hall–Kier alpha value is -0.440. The highest BCUT2D eigenvalue weighted by Crippen LogP contribution is 2.46. The molecule has 0 bridgehead atoms. The summed E-state index contributed by atoms with van der Waals surface area (Å²) in [6.45, 7) is 5.19. The van der Waals surface area contributed by atoms with E-state index in [-0.39, 0.29) is 11.9 Å². The predicted molar refractivity (Wildman–Crippen MR) is 55.5 cm³/mol. The molecule has 4 nitrogen and oxygen atoms in total. The van der Waals surface area contributed by atoms with Crippen LogP contribution in [0.15, 0.2) is 12.2 Å². The molecule has 0 atom stereocenters. The van der Waals surface area contributed by atoms with Crippen molar-refractivity contribution in [3.8, 4) is 0 Å². The molecule has 0 radical (unpaired) electrons. The van der Waals surface area contributed by atoms with Gasteiger partial charge in [-0.1, -0.05) is 6.58 Å². The van der Waals surface area contributed by atoms with Gasteiger partial charge in [0.05, 0.1) is 6.16 Å². The lowest BCUT2D eigenvalue weighted by Crippen LogP contribution is -2.01. The molecule has 0 spiro atoms. The van der Waals surface area contributed by atoms with E-state index in [0.29, 0.717) is 18.4 Å². The van der Waals surface area contributed by atoms with Crippen LogP contribution in [0, 0.1) is 0 Å². The molecule has 82 valence electrons. The van der Waals surface area contributed by atoms with Gasteiger partial charge in [-0.25, -0.2) is 0 Å². The van der Waals surface area contributed by atoms with Crippen molar-refractivity contribution in [1.29, 1.82) is 0 Å². The second kappa shape index (κ2) is 6.12. The molecule has 0 amide bonds. The molecule has 0 aromatic heterocycles. The number of ketones is 1. The van der Waals surface area contributed by atoms with E-state index < -0.39 is 7.60 Å². The molecule has 14 heavy (non-hydrogen) atoms. The largest absolute Gasteiger partial charge is 0.330 e. The van der Waals surface area contributed by atoms with E-state index >= 15 is 0 Å². The smallest absolute Gasteiger partial charge is 0.312 e. The van der Waals surface area contributed by atoms with E-state index in [0.717, 1.165) is 0 Å². The van der Waals surface area contributed by atoms with Crippen LogP contribution in [0.25, 0.3) is 0 Å². The van der Waals surface area contributed by atoms with Gasteiger partial charge in [-0.05, 0) is 18.9 Å². The number of allylic oxidation sites excluding steroid dienone is 1. The van der Waals surface area contributed by atoms with Crippen LogP contribution in [0.5, 0.6) is 0 Å². The molecule has 0 saturated carbocycles. The van der Waals surface area contributed by atoms with Crippen LogP contribution in [0.1, 0.15) is 19.8 Å². The van der Waals surface area contributed by atoms with Crippen LogP contribution in [0.2, 0.25) is 0 Å². The van der Waals surface area contributed by atoms with Gasteiger partial charge in [0.25, 0.3) is 0 Å². The predicted octanol–water partition coefficient (Wildman–Crippen LogP) is 2.40. The molecular formula is C9H17O4P. The van der Waals surface area contributed by atoms with Crippen molar-refractivity contribution in [2.75, 3.05) is 20.4 Å². The first-order chi connectivity index (χ1) is 6.45. The number of hydrogen-bond donors (Lipinski definition) is 0. The first-order valence-corrected chi connectivity index (χ1v) is 6.07. The van der Waals surface area contributed by atoms with Crippen LogP contribution >= 0.6 is 7.60 Å². The topological polar surface area (TPSA) is 52.6 Å². The first kappa shape index (κ1) is 13.6. The molecular weight excluding hydrogens is 203 g/mol. The highest BCUT2D eigenvalue weighted by Gasteiger charge is 2.20. The maximum Gasteiger partial charge on any atom is 0.330 e. The summed E-state index contributed by atoms with van der Waals surface area (Å²) in [7, 11) is -0.273. The molecule has 0 aromatic rings. The van der Waals surface area contributed by atoms with Gasteiger partial charge in [-0.3, -0.25) is 9.36 Å². The van der Waals surface area contributed by atoms with Crippen LogP contribution < -0.4 is 0 Å². The average molecular weight is 220 g/mol. The summed E-state index contributed by atoms with van der Waals surface area (Å²) in [5.41, 5.74) is 0.523. The van der Waals surface area contributed by atoms with E-state index in [1.54, 1.807) is 6.92 Å². The van der Waals surface area contributed by atoms with Crippen molar-refractivity contribution in [3.05, 3.63) is 12.2 Å². The quantitative estimate of drug-likeness (QED) is 0.488. The molecule has 0 rings (SSSR count). The molecule has 0 aromatic carbocycles. The third kappa shape index (κ3) is 4.70. The lowest BCUT2D eigenvalue weighted by atomic mass is 10.1. The molecule has 0 saturated heterocycles. The van der Waals surface area contributed by atoms with E-state index in [2.05, 4.69) is 6.58 Å². The Labute approximate surface area is 84.8 Å². The van der Waals surface area contributed by atoms with E-state index in [1.807, 2.05) is 0 Å². The first-order valence-electron chi connectivity index (χ1n) is 4.34. The Bertz CT molecular complexity index is 252. The van der Waals surface area contributed by atoms with Crippen molar-refractivity contribution in [2.45, 2.75) is 19.8 Å². The summed E-state index contributed by atoms with van der Waals surface area (Å²) >= 11 is 0. The van der Waals surface area contributed by atoms with Gasteiger partial charge in [0.2, 0.25) is 0 Å². The van der Waals surface area contributed by atoms with E-state index in [1.165, 1.54) is 14.2 Å². The van der Waals surface area contributed by atoms with Gasteiger partial charge >= 0.3 is 7.60 Å². The van der Waals surface area contributed by atoms with Gasteiger partial charge in [0.1, 0.15) is 0 Å². The standard InChI is InChI=1S/C9H17O4P/c1-8(2)9(10)6-5-7-14(11,12-3)13-4/h1,5-7H2,2-4H3. The summed E-state index contributed by atoms with van der Waals surface area (Å²) in [5.74, 6) is -0.0104. The van der Waals surface area contributed by atoms with E-state index in [4.69, 9.17) is 9.05 Å². The highest BCUT2D eigenvalue weighted by atomic mass is 31.2. The van der Waals surface area contributed by atoms with E-state index in [9.17, 15) is 9.36 Å². The fraction of sp³-hybridized carbons (Fsp3) is 0.667. The fourth-order valence-corrected chi connectivity index (χ4v) is 1.96. The third-order valence-corrected chi connectivity index (χ3v) is 3.84. The van der Waals surface area contributed by atoms with Crippen LogP contribution in [-0.4, -0.2) is 26.2 Å². The van der Waals surface area contributed by atoms with Crippen molar-refractivity contribution in [2.24, 2.45) is 0 Å². The average Bonchev–Trinajstić information content (AvgIpc) is 2.17. The van der Waals surface area contributed by atoms with Crippen molar-refractivity contribution < 1.29 is 18.4 Å². The number of carbonyl (C=O) groups excluding carboxylic acids is 1. The number of carbonyl (C=O) groups is 1. The van der Waals surface area contributed by atoms with Crippen molar-refractivity contribution in [1.82, 2.24) is 0 Å². The Morgan fingerprint density at radius 1 is 1.36 bits per heavy atom. The summed E-state index contributed by atoms with van der Waals surface area (Å²) in [6, 6.07) is 0. The Morgan fingerprint density at radius 2 is 1.86 bits per heavy atom. The lowest BCUT2D eigenvalue weighted by molar-refractivity contribution is -0.115. The maximum atomic E-state index is 11.5. The minimum absolute atomic E-state index is 0.0104. The molecule has 0 aliphatic rings. The maximum absolute atomic E-state index is 11.5. The second-order valence-electron chi connectivity index (χ2n) is 3.01. The van der Waals surface area contributed by atoms with Gasteiger partial charge in [-0.2, -0.15) is 0 Å². The van der Waals surface area contributed by atoms with Crippen LogP contribution in [0.3, 0.4) is 0 Å². The van der Waals surface area contributed by atoms with Crippen LogP contribution in [0.4, 0.5) is 0 Å². The zero-order valence-corrected chi connectivity index (χ0v) is 9.80. The summed E-state index contributed by atoms with van der Waals surface area (Å²) in [6.07, 6.45) is 1.09. The highest BCUT2D eigenvalue weighted by molar-refractivity contribution is 7.53. The van der Waals surface area contributed by atoms with Crippen molar-refractivity contribution >= 4 is 13.4 Å². The summed E-state index contributed by atoms with van der Waals surface area (Å²) < 4.78 is 21.0. The van der Waals surface area contributed by atoms with Gasteiger partial charge < -0.3 is 9.05 Å². The lowest BCUT2D eigenvalue weighted by Gasteiger charge is -2.12. The monoisotopic (exact) mass is 220 g/mol. The minimum atomic E-state index is -2.95. The molecule has 0 aliphatic heterocycles. The zero-order valence-electron chi connectivity index (χ0n) is 8.91. The SMILES string of the molecule is C=C(C)C(=O)CCCP(=O)(OC)OC. The Kier molecular flexibility index (Phi) is 5.93. The van der Waals surface area contributed by atoms with Gasteiger partial charge in [0.15, 0.2) is 5.78 Å². The number of rotatable bonds is 7. The Balaban J connectivity index is 3.90. The molecule has 0 heterocycles. The minimum Gasteiger partial charge on any atom is -0.312 e. The molecule has 0 fully saturated rings. The number of hydrogen-bond acceptors (Lipinski definition) is 4. The normalized spacial score (nSPS) is 11.4. The third-order valence-electron chi connectivity index (χ3n) is 1.87. The second-order valence-corrected chi connectivity index (χ2v) is 5.41.